The van der Waals surface area contributed by atoms with E-state index in [4.69, 9.17) is 4.74 Å². The molecule has 5 heteroatoms. The normalized spacial score (nSPS) is 20.4. The third-order valence-corrected chi connectivity index (χ3v) is 4.09. The molecule has 0 amide bonds. The second kappa shape index (κ2) is 7.18. The van der Waals surface area contributed by atoms with E-state index >= 15 is 0 Å². The molecule has 1 fully saturated rings. The van der Waals surface area contributed by atoms with Gasteiger partial charge >= 0.3 is 5.97 Å². The van der Waals surface area contributed by atoms with E-state index in [2.05, 4.69) is 11.9 Å². The second-order valence-corrected chi connectivity index (χ2v) is 6.24. The third kappa shape index (κ3) is 4.28. The Kier molecular flexibility index (Phi) is 6.14. The summed E-state index contributed by atoms with van der Waals surface area (Å²) in [6.07, 6.45) is 2.40. The molecule has 0 aromatic heterocycles. The molecule has 1 unspecified atom stereocenters. The van der Waals surface area contributed by atoms with Gasteiger partial charge in [0.25, 0.3) is 0 Å². The van der Waals surface area contributed by atoms with Gasteiger partial charge in [-0.15, -0.1) is 0 Å². The lowest BCUT2D eigenvalue weighted by molar-refractivity contribution is -0.158. The fourth-order valence-corrected chi connectivity index (χ4v) is 2.50. The summed E-state index contributed by atoms with van der Waals surface area (Å²) < 4.78 is 4.97. The Labute approximate surface area is 122 Å². The number of esters is 1. The van der Waals surface area contributed by atoms with Crippen LogP contribution in [0.1, 0.15) is 33.6 Å². The summed E-state index contributed by atoms with van der Waals surface area (Å²) in [5, 5.41) is 0. The summed E-state index contributed by atoms with van der Waals surface area (Å²) in [5.41, 5.74) is -1.06. The van der Waals surface area contributed by atoms with Crippen molar-refractivity contribution in [3.63, 3.8) is 0 Å². The molecule has 0 aromatic rings. The lowest BCUT2D eigenvalue weighted by Crippen LogP contribution is -2.44. The van der Waals surface area contributed by atoms with Gasteiger partial charge in [0, 0.05) is 12.6 Å². The Morgan fingerprint density at radius 3 is 2.55 bits per heavy atom. The molecule has 1 rings (SSSR count). The summed E-state index contributed by atoms with van der Waals surface area (Å²) >= 11 is 0. The van der Waals surface area contributed by atoms with Crippen LogP contribution in [-0.2, 0) is 14.3 Å². The van der Waals surface area contributed by atoms with Crippen molar-refractivity contribution < 1.29 is 14.3 Å². The summed E-state index contributed by atoms with van der Waals surface area (Å²) in [6.45, 7) is 7.61. The SMILES string of the molecule is CCOC(=O)C(C)(C)C(=O)CN(C)CC1CCCN1C. The fourth-order valence-electron chi connectivity index (χ4n) is 2.50. The molecule has 1 saturated heterocycles. The molecule has 5 nitrogen and oxygen atoms in total. The van der Waals surface area contributed by atoms with Crippen molar-refractivity contribution >= 4 is 11.8 Å². The minimum atomic E-state index is -1.06. The number of likely N-dealkylation sites (N-methyl/N-ethyl adjacent to an activating group) is 2. The van der Waals surface area contributed by atoms with Gasteiger partial charge in [0.2, 0.25) is 0 Å². The molecule has 1 aliphatic heterocycles. The van der Waals surface area contributed by atoms with Crippen molar-refractivity contribution in [2.24, 2.45) is 5.41 Å². The number of Topliss-reactive ketones (excluding diaryl/α,β-unsaturated/α-hetero) is 1. The van der Waals surface area contributed by atoms with Gasteiger partial charge in [-0.25, -0.2) is 0 Å². The van der Waals surface area contributed by atoms with E-state index in [-0.39, 0.29) is 12.3 Å². The number of carbonyl (C=O) groups excluding carboxylic acids is 2. The molecule has 0 saturated carbocycles. The highest BCUT2D eigenvalue weighted by Gasteiger charge is 2.37. The number of likely N-dealkylation sites (tertiary alicyclic amines) is 1. The molecule has 0 radical (unpaired) electrons. The molecule has 0 aliphatic carbocycles. The Morgan fingerprint density at radius 1 is 1.40 bits per heavy atom. The first-order valence-corrected chi connectivity index (χ1v) is 7.38. The number of hydrogen-bond acceptors (Lipinski definition) is 5. The van der Waals surface area contributed by atoms with Gasteiger partial charge in [0.15, 0.2) is 5.78 Å². The number of rotatable bonds is 7. The van der Waals surface area contributed by atoms with Crippen LogP contribution in [0.5, 0.6) is 0 Å². The standard InChI is InChI=1S/C15H28N2O3/c1-6-20-14(19)15(2,3)13(18)11-16(4)10-12-8-7-9-17(12)5/h12H,6-11H2,1-5H3. The van der Waals surface area contributed by atoms with Gasteiger partial charge in [-0.05, 0) is 54.3 Å². The topological polar surface area (TPSA) is 49.9 Å². The Bertz CT molecular complexity index is 355. The highest BCUT2D eigenvalue weighted by Crippen LogP contribution is 2.20. The highest BCUT2D eigenvalue weighted by molar-refractivity contribution is 6.03. The molecule has 0 bridgehead atoms. The van der Waals surface area contributed by atoms with Crippen LogP contribution in [0, 0.1) is 5.41 Å². The van der Waals surface area contributed by atoms with Crippen LogP contribution in [0.3, 0.4) is 0 Å². The predicted molar refractivity (Wildman–Crippen MR) is 78.6 cm³/mol. The number of carbonyl (C=O) groups is 2. The molecule has 0 aromatic carbocycles. The average molecular weight is 284 g/mol. The third-order valence-electron chi connectivity index (χ3n) is 4.09. The van der Waals surface area contributed by atoms with Crippen molar-refractivity contribution in [1.82, 2.24) is 9.80 Å². The lowest BCUT2D eigenvalue weighted by Gasteiger charge is -2.28. The van der Waals surface area contributed by atoms with Gasteiger partial charge < -0.3 is 9.64 Å². The maximum atomic E-state index is 12.3. The number of ether oxygens (including phenoxy) is 1. The first kappa shape index (κ1) is 17.1. The molecule has 116 valence electrons. The second-order valence-electron chi connectivity index (χ2n) is 6.24. The van der Waals surface area contributed by atoms with Crippen LogP contribution in [0.4, 0.5) is 0 Å². The van der Waals surface area contributed by atoms with Crippen molar-refractivity contribution in [3.8, 4) is 0 Å². The number of nitrogens with zero attached hydrogens (tertiary/aromatic N) is 2. The first-order chi connectivity index (χ1) is 9.28. The van der Waals surface area contributed by atoms with E-state index in [0.717, 1.165) is 13.1 Å². The van der Waals surface area contributed by atoms with Gasteiger partial charge in [0.1, 0.15) is 5.41 Å². The van der Waals surface area contributed by atoms with Gasteiger partial charge in [-0.2, -0.15) is 0 Å². The molecule has 1 aliphatic rings. The zero-order chi connectivity index (χ0) is 15.3. The van der Waals surface area contributed by atoms with Crippen molar-refractivity contribution in [2.75, 3.05) is 40.3 Å². The molecular weight excluding hydrogens is 256 g/mol. The van der Waals surface area contributed by atoms with E-state index in [1.807, 2.05) is 11.9 Å². The van der Waals surface area contributed by atoms with Crippen molar-refractivity contribution in [1.29, 1.82) is 0 Å². The van der Waals surface area contributed by atoms with Crippen LogP contribution < -0.4 is 0 Å². The zero-order valence-electron chi connectivity index (χ0n) is 13.4. The predicted octanol–water partition coefficient (Wildman–Crippen LogP) is 1.17. The van der Waals surface area contributed by atoms with Crippen LogP contribution >= 0.6 is 0 Å². The molecule has 20 heavy (non-hydrogen) atoms. The monoisotopic (exact) mass is 284 g/mol. The summed E-state index contributed by atoms with van der Waals surface area (Å²) in [6, 6.07) is 0.513. The smallest absolute Gasteiger partial charge is 0.319 e. The Hall–Kier alpha value is -0.940. The van der Waals surface area contributed by atoms with Gasteiger partial charge in [-0.3, -0.25) is 14.5 Å². The summed E-state index contributed by atoms with van der Waals surface area (Å²) in [7, 11) is 4.06. The van der Waals surface area contributed by atoms with Crippen LogP contribution in [0.2, 0.25) is 0 Å². The Morgan fingerprint density at radius 2 is 2.05 bits per heavy atom. The molecule has 0 spiro atoms. The van der Waals surface area contributed by atoms with Crippen molar-refractivity contribution in [2.45, 2.75) is 39.7 Å². The number of ketones is 1. The fraction of sp³-hybridized carbons (Fsp3) is 0.867. The summed E-state index contributed by atoms with van der Waals surface area (Å²) in [4.78, 5) is 28.4. The average Bonchev–Trinajstić information content (AvgIpc) is 2.75. The maximum Gasteiger partial charge on any atom is 0.319 e. The Balaban J connectivity index is 2.49. The van der Waals surface area contributed by atoms with E-state index in [1.165, 1.54) is 12.8 Å². The largest absolute Gasteiger partial charge is 0.465 e. The van der Waals surface area contributed by atoms with Gasteiger partial charge in [-0.1, -0.05) is 0 Å². The lowest BCUT2D eigenvalue weighted by atomic mass is 9.88. The van der Waals surface area contributed by atoms with E-state index in [1.54, 1.807) is 20.8 Å². The molecule has 0 N–H and O–H groups in total. The van der Waals surface area contributed by atoms with Crippen LogP contribution in [0.25, 0.3) is 0 Å². The molecule has 1 heterocycles. The van der Waals surface area contributed by atoms with Crippen molar-refractivity contribution in [3.05, 3.63) is 0 Å². The minimum Gasteiger partial charge on any atom is -0.465 e. The number of hydrogen-bond donors (Lipinski definition) is 0. The van der Waals surface area contributed by atoms with Crippen LogP contribution in [0.15, 0.2) is 0 Å². The first-order valence-electron chi connectivity index (χ1n) is 7.38. The minimum absolute atomic E-state index is 0.0842. The summed E-state index contributed by atoms with van der Waals surface area (Å²) in [5.74, 6) is -0.518. The maximum absolute atomic E-state index is 12.3. The molecule has 1 atom stereocenters. The van der Waals surface area contributed by atoms with E-state index in [9.17, 15) is 9.59 Å². The van der Waals surface area contributed by atoms with E-state index in [0.29, 0.717) is 12.6 Å². The van der Waals surface area contributed by atoms with E-state index < -0.39 is 11.4 Å². The van der Waals surface area contributed by atoms with Gasteiger partial charge in [0.05, 0.1) is 13.2 Å². The quantitative estimate of drug-likeness (QED) is 0.519. The zero-order valence-corrected chi connectivity index (χ0v) is 13.4. The highest BCUT2D eigenvalue weighted by atomic mass is 16.5. The van der Waals surface area contributed by atoms with Crippen LogP contribution in [-0.4, -0.2) is 67.9 Å². The molecular formula is C15H28N2O3.